The monoisotopic (exact) mass is 399 g/mol. The number of thiazole rings is 1. The number of aromatic nitrogens is 2. The lowest BCUT2D eigenvalue weighted by atomic mass is 10.1. The summed E-state index contributed by atoms with van der Waals surface area (Å²) >= 11 is 1.46. The fraction of sp³-hybridized carbons (Fsp3) is 0.125. The number of anilines is 2. The average molecular weight is 400 g/mol. The molecule has 0 aliphatic carbocycles. The number of carbonyl (C=O) groups is 1. The van der Waals surface area contributed by atoms with E-state index in [0.717, 1.165) is 39.1 Å². The molecule has 0 saturated heterocycles. The van der Waals surface area contributed by atoms with Crippen LogP contribution in [0.25, 0.3) is 23.1 Å². The maximum Gasteiger partial charge on any atom is 0.230 e. The number of fused-ring (bicyclic) bond motifs is 1. The quantitative estimate of drug-likeness (QED) is 0.413. The summed E-state index contributed by atoms with van der Waals surface area (Å²) in [5.74, 6) is -0.0558. The van der Waals surface area contributed by atoms with Gasteiger partial charge in [0.05, 0.1) is 22.6 Å². The largest absolute Gasteiger partial charge is 0.274 e. The summed E-state index contributed by atoms with van der Waals surface area (Å²) < 4.78 is 0. The van der Waals surface area contributed by atoms with E-state index in [0.29, 0.717) is 5.13 Å². The number of hydrogen-bond donors (Lipinski definition) is 0. The molecule has 2 aromatic heterocycles. The predicted molar refractivity (Wildman–Crippen MR) is 122 cm³/mol. The summed E-state index contributed by atoms with van der Waals surface area (Å²) in [5, 5.41) is 3.73. The molecule has 29 heavy (non-hydrogen) atoms. The number of aryl methyl sites for hydroxylation is 1. The smallest absolute Gasteiger partial charge is 0.230 e. The number of rotatable bonds is 4. The maximum atomic E-state index is 12.4. The predicted octanol–water partition coefficient (Wildman–Crippen LogP) is 6.16. The number of amides is 1. The minimum atomic E-state index is -0.0558. The summed E-state index contributed by atoms with van der Waals surface area (Å²) in [5.41, 5.74) is 5.74. The Morgan fingerprint density at radius 3 is 2.55 bits per heavy atom. The number of para-hydroxylation sites is 1. The third-order valence-electron chi connectivity index (χ3n) is 4.88. The Kier molecular flexibility index (Phi) is 5.23. The lowest BCUT2D eigenvalue weighted by molar-refractivity contribution is -0.115. The van der Waals surface area contributed by atoms with E-state index in [4.69, 9.17) is 0 Å². The Hall–Kier alpha value is -3.31. The molecule has 1 amide bonds. The van der Waals surface area contributed by atoms with Crippen molar-refractivity contribution < 1.29 is 4.79 Å². The van der Waals surface area contributed by atoms with Gasteiger partial charge >= 0.3 is 0 Å². The van der Waals surface area contributed by atoms with Gasteiger partial charge in [0, 0.05) is 17.7 Å². The molecule has 0 aliphatic rings. The van der Waals surface area contributed by atoms with Gasteiger partial charge in [-0.05, 0) is 55.3 Å². The standard InChI is InChI=1S/C24H21N3OS/c1-16-7-6-10-23(17(16)2)27(18(3)28)24-26-21(15-29-24)14-13-20-12-11-19-8-4-5-9-22(19)25-20/h4-15H,1-3H3/b14-13+. The number of benzene rings is 2. The van der Waals surface area contributed by atoms with Gasteiger partial charge in [0.1, 0.15) is 0 Å². The summed E-state index contributed by atoms with van der Waals surface area (Å²) in [6.45, 7) is 5.64. The fourth-order valence-electron chi connectivity index (χ4n) is 3.19. The first-order valence-electron chi connectivity index (χ1n) is 9.39. The normalized spacial score (nSPS) is 11.3. The van der Waals surface area contributed by atoms with Gasteiger partial charge in [-0.15, -0.1) is 11.3 Å². The minimum absolute atomic E-state index is 0.0558. The lowest BCUT2D eigenvalue weighted by Crippen LogP contribution is -2.23. The van der Waals surface area contributed by atoms with Crippen molar-refractivity contribution in [3.05, 3.63) is 82.5 Å². The average Bonchev–Trinajstić information content (AvgIpc) is 3.18. The van der Waals surface area contributed by atoms with E-state index in [1.54, 1.807) is 11.8 Å². The van der Waals surface area contributed by atoms with E-state index < -0.39 is 0 Å². The molecule has 2 heterocycles. The second-order valence-electron chi connectivity index (χ2n) is 6.89. The highest BCUT2D eigenvalue weighted by atomic mass is 32.1. The van der Waals surface area contributed by atoms with Gasteiger partial charge < -0.3 is 0 Å². The fourth-order valence-corrected chi connectivity index (χ4v) is 4.03. The van der Waals surface area contributed by atoms with Crippen molar-refractivity contribution in [1.82, 2.24) is 9.97 Å². The summed E-state index contributed by atoms with van der Waals surface area (Å²) in [4.78, 5) is 23.4. The van der Waals surface area contributed by atoms with Gasteiger partial charge in [0.25, 0.3) is 0 Å². The van der Waals surface area contributed by atoms with E-state index >= 15 is 0 Å². The van der Waals surface area contributed by atoms with Crippen LogP contribution in [0.2, 0.25) is 0 Å². The second kappa shape index (κ2) is 7.97. The van der Waals surface area contributed by atoms with Crippen LogP contribution >= 0.6 is 11.3 Å². The van der Waals surface area contributed by atoms with Crippen LogP contribution in [0.3, 0.4) is 0 Å². The molecule has 4 rings (SSSR count). The molecule has 0 saturated carbocycles. The first kappa shape index (κ1) is 19.0. The van der Waals surface area contributed by atoms with Gasteiger partial charge in [-0.2, -0.15) is 0 Å². The van der Waals surface area contributed by atoms with Crippen molar-refractivity contribution in [2.24, 2.45) is 0 Å². The molecule has 4 aromatic rings. The Morgan fingerprint density at radius 1 is 0.931 bits per heavy atom. The van der Waals surface area contributed by atoms with Crippen molar-refractivity contribution in [3.63, 3.8) is 0 Å². The summed E-state index contributed by atoms with van der Waals surface area (Å²) in [7, 11) is 0. The van der Waals surface area contributed by atoms with Crippen LogP contribution in [0.1, 0.15) is 29.4 Å². The van der Waals surface area contributed by atoms with Crippen LogP contribution in [0, 0.1) is 13.8 Å². The molecule has 0 radical (unpaired) electrons. The zero-order chi connectivity index (χ0) is 20.4. The summed E-state index contributed by atoms with van der Waals surface area (Å²) in [6.07, 6.45) is 3.87. The van der Waals surface area contributed by atoms with Crippen LogP contribution in [0.5, 0.6) is 0 Å². The van der Waals surface area contributed by atoms with Crippen molar-refractivity contribution in [2.45, 2.75) is 20.8 Å². The Balaban J connectivity index is 1.63. The molecule has 0 spiro atoms. The van der Waals surface area contributed by atoms with E-state index in [9.17, 15) is 4.79 Å². The molecule has 0 unspecified atom stereocenters. The van der Waals surface area contributed by atoms with E-state index in [-0.39, 0.29) is 5.91 Å². The molecule has 5 heteroatoms. The zero-order valence-corrected chi connectivity index (χ0v) is 17.4. The number of pyridine rings is 1. The third-order valence-corrected chi connectivity index (χ3v) is 5.72. The van der Waals surface area contributed by atoms with Crippen LogP contribution in [-0.2, 0) is 4.79 Å². The molecule has 4 nitrogen and oxygen atoms in total. The Morgan fingerprint density at radius 2 is 1.72 bits per heavy atom. The molecule has 2 aromatic carbocycles. The van der Waals surface area contributed by atoms with Gasteiger partial charge in [-0.25, -0.2) is 9.97 Å². The van der Waals surface area contributed by atoms with Gasteiger partial charge in [-0.1, -0.05) is 36.4 Å². The molecule has 0 atom stereocenters. The number of hydrogen-bond acceptors (Lipinski definition) is 4. The molecule has 0 N–H and O–H groups in total. The highest BCUT2D eigenvalue weighted by molar-refractivity contribution is 7.14. The molecule has 144 valence electrons. The van der Waals surface area contributed by atoms with Crippen molar-refractivity contribution in [3.8, 4) is 0 Å². The highest BCUT2D eigenvalue weighted by Crippen LogP contribution is 2.32. The van der Waals surface area contributed by atoms with Crippen molar-refractivity contribution >= 4 is 51.1 Å². The molecule has 0 aliphatic heterocycles. The molecular formula is C24H21N3OS. The lowest BCUT2D eigenvalue weighted by Gasteiger charge is -2.21. The van der Waals surface area contributed by atoms with Crippen LogP contribution < -0.4 is 4.90 Å². The van der Waals surface area contributed by atoms with Gasteiger partial charge in [0.15, 0.2) is 5.13 Å². The topological polar surface area (TPSA) is 46.1 Å². The Labute approximate surface area is 174 Å². The number of nitrogens with zero attached hydrogens (tertiary/aromatic N) is 3. The maximum absolute atomic E-state index is 12.4. The van der Waals surface area contributed by atoms with E-state index in [1.807, 2.05) is 79.9 Å². The van der Waals surface area contributed by atoms with Gasteiger partial charge in [-0.3, -0.25) is 9.69 Å². The summed E-state index contributed by atoms with van der Waals surface area (Å²) in [6, 6.07) is 18.1. The minimum Gasteiger partial charge on any atom is -0.274 e. The van der Waals surface area contributed by atoms with Crippen LogP contribution in [0.4, 0.5) is 10.8 Å². The Bertz CT molecular complexity index is 1230. The van der Waals surface area contributed by atoms with E-state index in [1.165, 1.54) is 11.3 Å². The SMILES string of the molecule is CC(=O)N(c1nc(/C=C/c2ccc3ccccc3n2)cs1)c1cccc(C)c1C. The van der Waals surface area contributed by atoms with Crippen molar-refractivity contribution in [1.29, 1.82) is 0 Å². The second-order valence-corrected chi connectivity index (χ2v) is 7.73. The van der Waals surface area contributed by atoms with Crippen molar-refractivity contribution in [2.75, 3.05) is 4.90 Å². The third kappa shape index (κ3) is 3.96. The molecular weight excluding hydrogens is 378 g/mol. The first-order valence-corrected chi connectivity index (χ1v) is 10.3. The zero-order valence-electron chi connectivity index (χ0n) is 16.6. The first-order chi connectivity index (χ1) is 14.0. The van der Waals surface area contributed by atoms with Gasteiger partial charge in [0.2, 0.25) is 5.91 Å². The van der Waals surface area contributed by atoms with E-state index in [2.05, 4.69) is 16.0 Å². The highest BCUT2D eigenvalue weighted by Gasteiger charge is 2.19. The van der Waals surface area contributed by atoms with Crippen LogP contribution in [-0.4, -0.2) is 15.9 Å². The molecule has 0 bridgehead atoms. The van der Waals surface area contributed by atoms with Crippen LogP contribution in [0.15, 0.2) is 60.0 Å². The molecule has 0 fully saturated rings. The number of carbonyl (C=O) groups excluding carboxylic acids is 1.